The van der Waals surface area contributed by atoms with Gasteiger partial charge in [-0.1, -0.05) is 12.1 Å². The Bertz CT molecular complexity index is 486. The van der Waals surface area contributed by atoms with Gasteiger partial charge in [0.05, 0.1) is 0 Å². The lowest BCUT2D eigenvalue weighted by Gasteiger charge is -2.34. The highest BCUT2D eigenvalue weighted by atomic mass is 16.5. The maximum Gasteiger partial charge on any atom is 0.323 e. The van der Waals surface area contributed by atoms with Gasteiger partial charge in [-0.15, -0.1) is 0 Å². The van der Waals surface area contributed by atoms with E-state index in [1.165, 1.54) is 0 Å². The molecular formula is C15H21NO3. The quantitative estimate of drug-likeness (QED) is 0.878. The van der Waals surface area contributed by atoms with Crippen molar-refractivity contribution in [1.29, 1.82) is 0 Å². The maximum atomic E-state index is 11.2. The standard InChI is InChI=1S/C15H21NO3/c1-10-5-6-11(2)13(8-10)19-12-4-3-7-15(16,9-12)14(17)18/h5-6,8,12H,3-4,7,9,16H2,1-2H3,(H,17,18). The van der Waals surface area contributed by atoms with Gasteiger partial charge in [-0.05, 0) is 50.3 Å². The summed E-state index contributed by atoms with van der Waals surface area (Å²) in [6.45, 7) is 4.00. The van der Waals surface area contributed by atoms with E-state index < -0.39 is 11.5 Å². The maximum absolute atomic E-state index is 11.2. The van der Waals surface area contributed by atoms with Crippen molar-refractivity contribution in [2.24, 2.45) is 5.73 Å². The van der Waals surface area contributed by atoms with Gasteiger partial charge in [0.25, 0.3) is 0 Å². The topological polar surface area (TPSA) is 72.5 Å². The Kier molecular flexibility index (Phi) is 3.80. The third-order valence-corrected chi connectivity index (χ3v) is 3.80. The lowest BCUT2D eigenvalue weighted by molar-refractivity contribution is -0.145. The Hall–Kier alpha value is -1.55. The van der Waals surface area contributed by atoms with Gasteiger partial charge in [0.1, 0.15) is 17.4 Å². The molecule has 2 unspecified atom stereocenters. The van der Waals surface area contributed by atoms with Gasteiger partial charge in [0.15, 0.2) is 0 Å². The predicted octanol–water partition coefficient (Wildman–Crippen LogP) is 2.41. The monoisotopic (exact) mass is 263 g/mol. The number of hydrogen-bond acceptors (Lipinski definition) is 3. The minimum atomic E-state index is -1.14. The van der Waals surface area contributed by atoms with Crippen LogP contribution in [-0.2, 0) is 4.79 Å². The molecule has 2 rings (SSSR count). The number of benzene rings is 1. The van der Waals surface area contributed by atoms with Crippen LogP contribution in [0.25, 0.3) is 0 Å². The summed E-state index contributed by atoms with van der Waals surface area (Å²) in [7, 11) is 0. The first kappa shape index (κ1) is 13.9. The Labute approximate surface area is 113 Å². The van der Waals surface area contributed by atoms with Crippen LogP contribution in [-0.4, -0.2) is 22.7 Å². The highest BCUT2D eigenvalue weighted by Crippen LogP contribution is 2.31. The van der Waals surface area contributed by atoms with Crippen molar-refractivity contribution in [3.05, 3.63) is 29.3 Å². The van der Waals surface area contributed by atoms with Crippen LogP contribution >= 0.6 is 0 Å². The molecule has 1 aromatic rings. The van der Waals surface area contributed by atoms with Gasteiger partial charge in [0.2, 0.25) is 0 Å². The van der Waals surface area contributed by atoms with Crippen molar-refractivity contribution in [3.8, 4) is 5.75 Å². The number of ether oxygens (including phenoxy) is 1. The minimum absolute atomic E-state index is 0.115. The molecule has 3 N–H and O–H groups in total. The number of carbonyl (C=O) groups is 1. The molecule has 1 fully saturated rings. The summed E-state index contributed by atoms with van der Waals surface area (Å²) >= 11 is 0. The Morgan fingerprint density at radius 3 is 2.89 bits per heavy atom. The fourth-order valence-corrected chi connectivity index (χ4v) is 2.56. The largest absolute Gasteiger partial charge is 0.490 e. The van der Waals surface area contributed by atoms with E-state index in [1.807, 2.05) is 32.0 Å². The molecule has 0 aromatic heterocycles. The highest BCUT2D eigenvalue weighted by Gasteiger charge is 2.40. The van der Waals surface area contributed by atoms with E-state index in [0.29, 0.717) is 12.8 Å². The number of rotatable bonds is 3. The molecule has 1 aromatic carbocycles. The minimum Gasteiger partial charge on any atom is -0.490 e. The molecule has 0 amide bonds. The zero-order chi connectivity index (χ0) is 14.0. The lowest BCUT2D eigenvalue weighted by atomic mass is 9.81. The van der Waals surface area contributed by atoms with Gasteiger partial charge in [-0.2, -0.15) is 0 Å². The molecule has 1 aliphatic carbocycles. The summed E-state index contributed by atoms with van der Waals surface area (Å²) in [6.07, 6.45) is 2.43. The van der Waals surface area contributed by atoms with Gasteiger partial charge in [-0.3, -0.25) is 4.79 Å². The molecule has 2 atom stereocenters. The Balaban J connectivity index is 2.11. The van der Waals surface area contributed by atoms with Crippen LogP contribution in [0.2, 0.25) is 0 Å². The van der Waals surface area contributed by atoms with Crippen molar-refractivity contribution in [2.75, 3.05) is 0 Å². The molecule has 4 heteroatoms. The fourth-order valence-electron chi connectivity index (χ4n) is 2.56. The van der Waals surface area contributed by atoms with Crippen molar-refractivity contribution in [3.63, 3.8) is 0 Å². The van der Waals surface area contributed by atoms with Crippen LogP contribution in [0, 0.1) is 13.8 Å². The summed E-state index contributed by atoms with van der Waals surface area (Å²) in [5.74, 6) is -0.0959. The SMILES string of the molecule is Cc1ccc(C)c(OC2CCCC(N)(C(=O)O)C2)c1. The number of aryl methyl sites for hydroxylation is 2. The number of nitrogens with two attached hydrogens (primary N) is 1. The van der Waals surface area contributed by atoms with Crippen LogP contribution < -0.4 is 10.5 Å². The third kappa shape index (κ3) is 3.07. The van der Waals surface area contributed by atoms with E-state index in [-0.39, 0.29) is 6.10 Å². The first-order valence-corrected chi connectivity index (χ1v) is 6.67. The summed E-state index contributed by atoms with van der Waals surface area (Å²) in [6, 6.07) is 6.04. The Morgan fingerprint density at radius 1 is 1.47 bits per heavy atom. The lowest BCUT2D eigenvalue weighted by Crippen LogP contribution is -2.53. The second kappa shape index (κ2) is 5.21. The van der Waals surface area contributed by atoms with E-state index in [2.05, 4.69) is 0 Å². The summed E-state index contributed by atoms with van der Waals surface area (Å²) in [5.41, 5.74) is 6.99. The number of carboxylic acids is 1. The normalized spacial score (nSPS) is 27.0. The highest BCUT2D eigenvalue weighted by molar-refractivity contribution is 5.78. The van der Waals surface area contributed by atoms with Crippen LogP contribution in [0.3, 0.4) is 0 Å². The van der Waals surface area contributed by atoms with E-state index in [9.17, 15) is 9.90 Å². The summed E-state index contributed by atoms with van der Waals surface area (Å²) in [4.78, 5) is 11.2. The number of carboxylic acid groups (broad SMARTS) is 1. The third-order valence-electron chi connectivity index (χ3n) is 3.80. The van der Waals surface area contributed by atoms with Gasteiger partial charge in [0, 0.05) is 6.42 Å². The molecule has 1 aliphatic rings. The first-order valence-electron chi connectivity index (χ1n) is 6.67. The molecular weight excluding hydrogens is 242 g/mol. The van der Waals surface area contributed by atoms with Crippen molar-refractivity contribution >= 4 is 5.97 Å². The van der Waals surface area contributed by atoms with Crippen molar-refractivity contribution < 1.29 is 14.6 Å². The molecule has 0 heterocycles. The smallest absolute Gasteiger partial charge is 0.323 e. The van der Waals surface area contributed by atoms with Crippen LogP contribution in [0.15, 0.2) is 18.2 Å². The summed E-state index contributed by atoms with van der Waals surface area (Å²) in [5, 5.41) is 9.20. The van der Waals surface area contributed by atoms with Crippen LogP contribution in [0.5, 0.6) is 5.75 Å². The summed E-state index contributed by atoms with van der Waals surface area (Å²) < 4.78 is 5.97. The van der Waals surface area contributed by atoms with E-state index in [4.69, 9.17) is 10.5 Å². The molecule has 19 heavy (non-hydrogen) atoms. The fraction of sp³-hybridized carbons (Fsp3) is 0.533. The first-order chi connectivity index (χ1) is 8.90. The predicted molar refractivity (Wildman–Crippen MR) is 73.4 cm³/mol. The van der Waals surface area contributed by atoms with Gasteiger partial charge >= 0.3 is 5.97 Å². The van der Waals surface area contributed by atoms with E-state index >= 15 is 0 Å². The zero-order valence-electron chi connectivity index (χ0n) is 11.5. The van der Waals surface area contributed by atoms with Gasteiger partial charge < -0.3 is 15.6 Å². The van der Waals surface area contributed by atoms with Crippen molar-refractivity contribution in [1.82, 2.24) is 0 Å². The van der Waals surface area contributed by atoms with Crippen molar-refractivity contribution in [2.45, 2.75) is 51.2 Å². The average Bonchev–Trinajstić information content (AvgIpc) is 2.34. The second-order valence-corrected chi connectivity index (χ2v) is 5.57. The van der Waals surface area contributed by atoms with Crippen LogP contribution in [0.1, 0.15) is 36.8 Å². The molecule has 104 valence electrons. The molecule has 1 saturated carbocycles. The number of hydrogen-bond donors (Lipinski definition) is 2. The van der Waals surface area contributed by atoms with Crippen LogP contribution in [0.4, 0.5) is 0 Å². The number of aliphatic carboxylic acids is 1. The zero-order valence-corrected chi connectivity index (χ0v) is 11.5. The van der Waals surface area contributed by atoms with E-state index in [1.54, 1.807) is 0 Å². The molecule has 0 aliphatic heterocycles. The average molecular weight is 263 g/mol. The van der Waals surface area contributed by atoms with Gasteiger partial charge in [-0.25, -0.2) is 0 Å². The molecule has 0 radical (unpaired) electrons. The molecule has 0 spiro atoms. The second-order valence-electron chi connectivity index (χ2n) is 5.57. The molecule has 0 bridgehead atoms. The molecule has 4 nitrogen and oxygen atoms in total. The Morgan fingerprint density at radius 2 is 2.21 bits per heavy atom. The van der Waals surface area contributed by atoms with E-state index in [0.717, 1.165) is 29.7 Å². The molecule has 0 saturated heterocycles.